The monoisotopic (exact) mass is 603 g/mol. The number of carbonyl (C=O) groups is 2. The third-order valence-corrected chi connectivity index (χ3v) is 8.89. The van der Waals surface area contributed by atoms with Crippen LogP contribution >= 0.6 is 0 Å². The molecule has 0 aliphatic carbocycles. The first-order chi connectivity index (χ1) is 20.7. The van der Waals surface area contributed by atoms with E-state index in [9.17, 15) is 14.7 Å². The van der Waals surface area contributed by atoms with E-state index in [-0.39, 0.29) is 11.7 Å². The number of fused-ring (bicyclic) bond motifs is 2. The third kappa shape index (κ3) is 5.68. The third-order valence-electron chi connectivity index (χ3n) is 8.89. The van der Waals surface area contributed by atoms with E-state index in [0.717, 1.165) is 51.1 Å². The second-order valence-corrected chi connectivity index (χ2v) is 12.9. The van der Waals surface area contributed by atoms with Crippen molar-refractivity contribution < 1.29 is 33.3 Å². The van der Waals surface area contributed by atoms with Gasteiger partial charge in [-0.15, -0.1) is 0 Å². The fraction of sp³-hybridized carbons (Fsp3) is 0.444. The minimum Gasteiger partial charge on any atom is -0.496 e. The molecule has 0 saturated carbocycles. The molecule has 44 heavy (non-hydrogen) atoms. The predicted octanol–water partition coefficient (Wildman–Crippen LogP) is 7.20. The molecule has 0 spiro atoms. The van der Waals surface area contributed by atoms with Crippen LogP contribution in [0.4, 0.5) is 4.39 Å². The van der Waals surface area contributed by atoms with Crippen molar-refractivity contribution >= 4 is 11.9 Å². The summed E-state index contributed by atoms with van der Waals surface area (Å²) in [5.74, 6) is -0.657. The fourth-order valence-corrected chi connectivity index (χ4v) is 6.77. The number of benzene rings is 3. The van der Waals surface area contributed by atoms with Crippen LogP contribution in [-0.2, 0) is 28.9 Å². The van der Waals surface area contributed by atoms with Crippen LogP contribution in [0.15, 0.2) is 24.3 Å². The first-order valence-corrected chi connectivity index (χ1v) is 15.2. The van der Waals surface area contributed by atoms with Gasteiger partial charge in [0.1, 0.15) is 5.75 Å². The van der Waals surface area contributed by atoms with Gasteiger partial charge in [-0.1, -0.05) is 0 Å². The SMILES string of the molecule is COc1ccc(C(=O)N2CCc3c(C)c([C@H](OC(C)(C)C)C(=O)O)c(-c4cc(F)c5c(c4C)CCCO5)c(C)c3C2)cc1C. The minimum absolute atomic E-state index is 0.0864. The van der Waals surface area contributed by atoms with Crippen LogP contribution in [0.5, 0.6) is 11.5 Å². The number of rotatable bonds is 6. The largest absolute Gasteiger partial charge is 0.496 e. The Balaban J connectivity index is 1.71. The maximum atomic E-state index is 15.6. The molecule has 2 heterocycles. The molecule has 0 unspecified atom stereocenters. The molecule has 2 aliphatic rings. The molecule has 0 radical (unpaired) electrons. The summed E-state index contributed by atoms with van der Waals surface area (Å²) in [6.07, 6.45) is 0.738. The molecule has 3 aromatic carbocycles. The van der Waals surface area contributed by atoms with Crippen molar-refractivity contribution in [3.63, 3.8) is 0 Å². The lowest BCUT2D eigenvalue weighted by molar-refractivity contribution is -0.160. The second kappa shape index (κ2) is 11.9. The molecule has 0 fully saturated rings. The maximum Gasteiger partial charge on any atom is 0.337 e. The smallest absolute Gasteiger partial charge is 0.337 e. The number of nitrogens with zero attached hydrogens (tertiary/aromatic N) is 1. The molecule has 3 aromatic rings. The highest BCUT2D eigenvalue weighted by Crippen LogP contribution is 2.46. The van der Waals surface area contributed by atoms with Crippen LogP contribution in [0.25, 0.3) is 11.1 Å². The molecule has 8 heteroatoms. The lowest BCUT2D eigenvalue weighted by atomic mass is 9.78. The lowest BCUT2D eigenvalue weighted by Gasteiger charge is -2.36. The van der Waals surface area contributed by atoms with Gasteiger partial charge in [-0.2, -0.15) is 0 Å². The Kier molecular flexibility index (Phi) is 8.51. The molecule has 2 aliphatic heterocycles. The lowest BCUT2D eigenvalue weighted by Crippen LogP contribution is -2.37. The van der Waals surface area contributed by atoms with Crippen molar-refractivity contribution in [3.8, 4) is 22.6 Å². The van der Waals surface area contributed by atoms with E-state index < -0.39 is 23.5 Å². The van der Waals surface area contributed by atoms with E-state index >= 15 is 4.39 Å². The summed E-state index contributed by atoms with van der Waals surface area (Å²) >= 11 is 0. The molecule has 1 N–H and O–H groups in total. The van der Waals surface area contributed by atoms with Crippen molar-refractivity contribution in [1.29, 1.82) is 0 Å². The quantitative estimate of drug-likeness (QED) is 0.321. The molecule has 5 rings (SSSR count). The predicted molar refractivity (Wildman–Crippen MR) is 167 cm³/mol. The zero-order valence-corrected chi connectivity index (χ0v) is 26.9. The zero-order chi connectivity index (χ0) is 32.1. The van der Waals surface area contributed by atoms with Crippen LogP contribution in [0.3, 0.4) is 0 Å². The summed E-state index contributed by atoms with van der Waals surface area (Å²) in [7, 11) is 1.60. The Labute approximate surface area is 258 Å². The van der Waals surface area contributed by atoms with Gasteiger partial charge in [0.25, 0.3) is 5.91 Å². The highest BCUT2D eigenvalue weighted by Gasteiger charge is 2.36. The van der Waals surface area contributed by atoms with Crippen molar-refractivity contribution in [2.45, 2.75) is 86.0 Å². The zero-order valence-electron chi connectivity index (χ0n) is 26.9. The molecular weight excluding hydrogens is 561 g/mol. The van der Waals surface area contributed by atoms with E-state index in [4.69, 9.17) is 14.2 Å². The summed E-state index contributed by atoms with van der Waals surface area (Å²) in [6.45, 7) is 14.5. The summed E-state index contributed by atoms with van der Waals surface area (Å²) in [5.41, 5.74) is 7.79. The van der Waals surface area contributed by atoms with Gasteiger partial charge in [0, 0.05) is 29.8 Å². The van der Waals surface area contributed by atoms with Gasteiger partial charge in [0.15, 0.2) is 17.7 Å². The Bertz CT molecular complexity index is 1650. The molecule has 1 atom stereocenters. The summed E-state index contributed by atoms with van der Waals surface area (Å²) in [6, 6.07) is 6.89. The molecular formula is C36H42FNO6. The average Bonchev–Trinajstić information content (AvgIpc) is 2.98. The van der Waals surface area contributed by atoms with E-state index in [1.165, 1.54) is 6.07 Å². The number of ether oxygens (including phenoxy) is 3. The number of hydrogen-bond donors (Lipinski definition) is 1. The number of aryl methyl sites for hydroxylation is 1. The van der Waals surface area contributed by atoms with Gasteiger partial charge in [-0.05, 0) is 137 Å². The van der Waals surface area contributed by atoms with E-state index in [0.29, 0.717) is 54.8 Å². The van der Waals surface area contributed by atoms with E-state index in [1.807, 2.05) is 59.4 Å². The molecule has 0 bridgehead atoms. The number of halogens is 1. The van der Waals surface area contributed by atoms with Gasteiger partial charge in [0.05, 0.1) is 19.3 Å². The summed E-state index contributed by atoms with van der Waals surface area (Å²) in [5, 5.41) is 10.5. The summed E-state index contributed by atoms with van der Waals surface area (Å²) < 4.78 is 32.9. The Hall–Kier alpha value is -3.91. The number of carboxylic acids is 1. The number of methoxy groups -OCH3 is 1. The van der Waals surface area contributed by atoms with Gasteiger partial charge < -0.3 is 24.2 Å². The van der Waals surface area contributed by atoms with Crippen LogP contribution in [-0.4, -0.2) is 47.7 Å². The Morgan fingerprint density at radius 2 is 1.73 bits per heavy atom. The standard InChI is InChI=1S/C36H42FNO6/c1-19-16-23(11-12-29(19)42-8)34(39)38-14-13-24-21(3)31(33(35(40)41)44-36(5,6)7)30(22(4)27(24)18-38)26-17-28(37)32-25(20(26)2)10-9-15-43-32/h11-12,16-17,33H,9-10,13-15,18H2,1-8H3,(H,40,41)/t33-/m0/s1. The molecule has 0 aromatic heterocycles. The van der Waals surface area contributed by atoms with Gasteiger partial charge >= 0.3 is 5.97 Å². The van der Waals surface area contributed by atoms with Gasteiger partial charge in [-0.3, -0.25) is 4.79 Å². The molecule has 0 saturated heterocycles. The molecule has 234 valence electrons. The molecule has 1 amide bonds. The highest BCUT2D eigenvalue weighted by molar-refractivity contribution is 5.95. The first kappa shape index (κ1) is 31.5. The maximum absolute atomic E-state index is 15.6. The van der Waals surface area contributed by atoms with Gasteiger partial charge in [-0.25, -0.2) is 9.18 Å². The van der Waals surface area contributed by atoms with E-state index in [2.05, 4.69) is 0 Å². The van der Waals surface area contributed by atoms with Crippen LogP contribution in [0.1, 0.15) is 88.2 Å². The van der Waals surface area contributed by atoms with Crippen LogP contribution < -0.4 is 9.47 Å². The second-order valence-electron chi connectivity index (χ2n) is 12.9. The van der Waals surface area contributed by atoms with Crippen LogP contribution in [0, 0.1) is 33.5 Å². The summed E-state index contributed by atoms with van der Waals surface area (Å²) in [4.78, 5) is 28.4. The number of carbonyl (C=O) groups excluding carboxylic acids is 1. The number of aliphatic carboxylic acids is 1. The van der Waals surface area contributed by atoms with Gasteiger partial charge in [0.2, 0.25) is 0 Å². The number of carboxylic acid groups (broad SMARTS) is 1. The Morgan fingerprint density at radius 1 is 1.00 bits per heavy atom. The number of hydrogen-bond acceptors (Lipinski definition) is 5. The fourth-order valence-electron chi connectivity index (χ4n) is 6.77. The van der Waals surface area contributed by atoms with E-state index in [1.54, 1.807) is 19.2 Å². The Morgan fingerprint density at radius 3 is 2.36 bits per heavy atom. The number of amides is 1. The van der Waals surface area contributed by atoms with Crippen molar-refractivity contribution in [1.82, 2.24) is 4.90 Å². The van der Waals surface area contributed by atoms with Crippen molar-refractivity contribution in [2.75, 3.05) is 20.3 Å². The normalized spacial score (nSPS) is 15.2. The molecule has 7 nitrogen and oxygen atoms in total. The minimum atomic E-state index is -1.27. The first-order valence-electron chi connectivity index (χ1n) is 15.2. The van der Waals surface area contributed by atoms with Crippen molar-refractivity contribution in [2.24, 2.45) is 0 Å². The van der Waals surface area contributed by atoms with Crippen molar-refractivity contribution in [3.05, 3.63) is 80.2 Å². The average molecular weight is 604 g/mol. The highest BCUT2D eigenvalue weighted by atomic mass is 19.1. The van der Waals surface area contributed by atoms with Crippen LogP contribution in [0.2, 0.25) is 0 Å². The topological polar surface area (TPSA) is 85.3 Å².